The summed E-state index contributed by atoms with van der Waals surface area (Å²) in [6.07, 6.45) is -0.0746. The van der Waals surface area contributed by atoms with Crippen molar-refractivity contribution in [3.05, 3.63) is 23.8 Å². The Bertz CT molecular complexity index is 476. The van der Waals surface area contributed by atoms with Gasteiger partial charge in [-0.25, -0.2) is 0 Å². The number of methoxy groups -OCH3 is 1. The second-order valence-corrected chi connectivity index (χ2v) is 4.81. The van der Waals surface area contributed by atoms with Gasteiger partial charge in [-0.15, -0.1) is 0 Å². The molecule has 1 aromatic carbocycles. The van der Waals surface area contributed by atoms with Gasteiger partial charge in [-0.2, -0.15) is 0 Å². The molecule has 2 rings (SSSR count). The van der Waals surface area contributed by atoms with E-state index in [2.05, 4.69) is 4.90 Å². The predicted octanol–water partition coefficient (Wildman–Crippen LogP) is 1.17. The van der Waals surface area contributed by atoms with E-state index >= 15 is 0 Å². The normalized spacial score (nSPS) is 17.8. The number of likely N-dealkylation sites (N-methyl/N-ethyl adjacent to an activating group) is 1. The lowest BCUT2D eigenvalue weighted by molar-refractivity contribution is -0.125. The molecule has 0 saturated heterocycles. The highest BCUT2D eigenvalue weighted by Gasteiger charge is 2.33. The molecule has 1 aromatic rings. The average molecular weight is 264 g/mol. The summed E-state index contributed by atoms with van der Waals surface area (Å²) in [5, 5.41) is 9.80. The summed E-state index contributed by atoms with van der Waals surface area (Å²) in [6, 6.07) is 5.70. The third kappa shape index (κ3) is 2.57. The quantitative estimate of drug-likeness (QED) is 0.811. The highest BCUT2D eigenvalue weighted by Crippen LogP contribution is 2.37. The molecular weight excluding hydrogens is 244 g/mol. The summed E-state index contributed by atoms with van der Waals surface area (Å²) in [6.45, 7) is 1.61. The van der Waals surface area contributed by atoms with E-state index in [1.807, 2.05) is 25.2 Å². The first kappa shape index (κ1) is 13.8. The summed E-state index contributed by atoms with van der Waals surface area (Å²) >= 11 is 0. The maximum atomic E-state index is 11.7. The van der Waals surface area contributed by atoms with Crippen molar-refractivity contribution >= 4 is 17.3 Å². The minimum Gasteiger partial charge on any atom is -0.385 e. The molecule has 0 bridgehead atoms. The largest absolute Gasteiger partial charge is 0.385 e. The van der Waals surface area contributed by atoms with Crippen LogP contribution >= 0.6 is 0 Å². The zero-order chi connectivity index (χ0) is 14.0. The van der Waals surface area contributed by atoms with Gasteiger partial charge < -0.3 is 19.6 Å². The Morgan fingerprint density at radius 1 is 1.47 bits per heavy atom. The molecule has 1 aliphatic heterocycles. The summed E-state index contributed by atoms with van der Waals surface area (Å²) in [4.78, 5) is 15.3. The van der Waals surface area contributed by atoms with Crippen molar-refractivity contribution in [2.75, 3.05) is 44.2 Å². The highest BCUT2D eigenvalue weighted by atomic mass is 16.5. The van der Waals surface area contributed by atoms with Crippen LogP contribution in [0.4, 0.5) is 11.4 Å². The molecule has 0 spiro atoms. The minimum absolute atomic E-state index is 0.269. The Labute approximate surface area is 113 Å². The van der Waals surface area contributed by atoms with E-state index in [0.717, 1.165) is 30.9 Å². The number of amides is 1. The molecule has 104 valence electrons. The number of nitrogens with zero attached hydrogens (tertiary/aromatic N) is 2. The van der Waals surface area contributed by atoms with Crippen LogP contribution in [0.2, 0.25) is 0 Å². The zero-order valence-electron chi connectivity index (χ0n) is 11.6. The maximum Gasteiger partial charge on any atom is 0.260 e. The predicted molar refractivity (Wildman–Crippen MR) is 74.6 cm³/mol. The van der Waals surface area contributed by atoms with Crippen LogP contribution in [0.1, 0.15) is 18.1 Å². The van der Waals surface area contributed by atoms with Gasteiger partial charge in [0.15, 0.2) is 6.10 Å². The molecule has 1 amide bonds. The molecule has 0 radical (unpaired) electrons. The van der Waals surface area contributed by atoms with Gasteiger partial charge in [-0.1, -0.05) is 6.07 Å². The Balaban J connectivity index is 2.16. The van der Waals surface area contributed by atoms with Gasteiger partial charge >= 0.3 is 0 Å². The fraction of sp³-hybridized carbons (Fsp3) is 0.500. The van der Waals surface area contributed by atoms with Crippen molar-refractivity contribution < 1.29 is 14.6 Å². The van der Waals surface area contributed by atoms with E-state index in [4.69, 9.17) is 4.74 Å². The van der Waals surface area contributed by atoms with Crippen LogP contribution in [0.15, 0.2) is 18.2 Å². The van der Waals surface area contributed by atoms with E-state index in [1.54, 1.807) is 14.2 Å². The molecule has 0 aromatic heterocycles. The van der Waals surface area contributed by atoms with Crippen molar-refractivity contribution in [3.8, 4) is 0 Å². The number of benzene rings is 1. The molecule has 5 heteroatoms. The lowest BCUT2D eigenvalue weighted by Crippen LogP contribution is -2.24. The van der Waals surface area contributed by atoms with Crippen molar-refractivity contribution in [1.29, 1.82) is 0 Å². The van der Waals surface area contributed by atoms with Gasteiger partial charge in [0.05, 0.1) is 5.69 Å². The van der Waals surface area contributed by atoms with Crippen molar-refractivity contribution in [3.63, 3.8) is 0 Å². The average Bonchev–Trinajstić information content (AvgIpc) is 2.64. The fourth-order valence-corrected chi connectivity index (χ4v) is 2.30. The summed E-state index contributed by atoms with van der Waals surface area (Å²) in [5.74, 6) is -0.269. The monoisotopic (exact) mass is 264 g/mol. The van der Waals surface area contributed by atoms with E-state index < -0.39 is 6.10 Å². The van der Waals surface area contributed by atoms with Gasteiger partial charge in [0.1, 0.15) is 0 Å². The van der Waals surface area contributed by atoms with Gasteiger partial charge in [0.25, 0.3) is 5.91 Å². The smallest absolute Gasteiger partial charge is 0.260 e. The number of carbonyl (C=O) groups is 1. The first-order valence-corrected chi connectivity index (χ1v) is 6.36. The topological polar surface area (TPSA) is 53.0 Å². The molecule has 1 atom stereocenters. The van der Waals surface area contributed by atoms with Crippen LogP contribution in [-0.2, 0) is 9.53 Å². The Kier molecular flexibility index (Phi) is 4.07. The molecular formula is C14H20N2O3. The molecule has 1 unspecified atom stereocenters. The minimum atomic E-state index is -1.02. The van der Waals surface area contributed by atoms with Gasteiger partial charge in [0, 0.05) is 45.6 Å². The van der Waals surface area contributed by atoms with Crippen LogP contribution in [0, 0.1) is 0 Å². The van der Waals surface area contributed by atoms with Crippen molar-refractivity contribution in [1.82, 2.24) is 0 Å². The lowest BCUT2D eigenvalue weighted by Gasteiger charge is -2.21. The first-order valence-electron chi connectivity index (χ1n) is 6.36. The number of ether oxygens (including phenoxy) is 1. The van der Waals surface area contributed by atoms with Gasteiger partial charge in [-0.05, 0) is 18.6 Å². The number of hydrogen-bond donors (Lipinski definition) is 1. The van der Waals surface area contributed by atoms with E-state index in [9.17, 15) is 9.90 Å². The van der Waals surface area contributed by atoms with E-state index in [1.165, 1.54) is 4.90 Å². The zero-order valence-corrected chi connectivity index (χ0v) is 11.6. The summed E-state index contributed by atoms with van der Waals surface area (Å²) in [5.41, 5.74) is 2.50. The molecule has 0 saturated carbocycles. The number of carbonyl (C=O) groups excluding carboxylic acids is 1. The first-order chi connectivity index (χ1) is 9.06. The summed E-state index contributed by atoms with van der Waals surface area (Å²) in [7, 11) is 5.38. The highest BCUT2D eigenvalue weighted by molar-refractivity contribution is 6.03. The molecule has 19 heavy (non-hydrogen) atoms. The molecule has 1 heterocycles. The fourth-order valence-electron chi connectivity index (χ4n) is 2.30. The van der Waals surface area contributed by atoms with Gasteiger partial charge in [0.2, 0.25) is 0 Å². The molecule has 1 aliphatic rings. The Morgan fingerprint density at radius 2 is 2.21 bits per heavy atom. The number of rotatable bonds is 5. The van der Waals surface area contributed by atoms with Crippen LogP contribution < -0.4 is 9.80 Å². The lowest BCUT2D eigenvalue weighted by atomic mass is 10.1. The number of aliphatic hydroxyl groups is 1. The van der Waals surface area contributed by atoms with Gasteiger partial charge in [-0.3, -0.25) is 4.79 Å². The number of aliphatic hydroxyl groups excluding tert-OH is 1. The third-order valence-corrected chi connectivity index (χ3v) is 3.52. The number of anilines is 2. The van der Waals surface area contributed by atoms with Crippen molar-refractivity contribution in [2.24, 2.45) is 0 Å². The van der Waals surface area contributed by atoms with Crippen LogP contribution in [0.25, 0.3) is 0 Å². The van der Waals surface area contributed by atoms with Crippen molar-refractivity contribution in [2.45, 2.75) is 12.5 Å². The maximum absolute atomic E-state index is 11.7. The van der Waals surface area contributed by atoms with E-state index in [0.29, 0.717) is 5.56 Å². The SMILES string of the molecule is COCCCN(C)c1ccc2c(c1)N(C)C(=O)C2O. The Morgan fingerprint density at radius 3 is 2.89 bits per heavy atom. The van der Waals surface area contributed by atoms with E-state index in [-0.39, 0.29) is 5.91 Å². The molecule has 0 fully saturated rings. The summed E-state index contributed by atoms with van der Waals surface area (Å²) < 4.78 is 5.03. The Hall–Kier alpha value is -1.59. The number of hydrogen-bond acceptors (Lipinski definition) is 4. The standard InChI is InChI=1S/C14H20N2O3/c1-15(7-4-8-19-3)10-5-6-11-12(9-10)16(2)14(18)13(11)17/h5-6,9,13,17H,4,7-8H2,1-3H3. The van der Waals surface area contributed by atoms with Crippen LogP contribution in [-0.4, -0.2) is 45.4 Å². The molecule has 0 aliphatic carbocycles. The number of fused-ring (bicyclic) bond motifs is 1. The second kappa shape index (κ2) is 5.59. The second-order valence-electron chi connectivity index (χ2n) is 4.81. The molecule has 5 nitrogen and oxygen atoms in total. The molecule has 1 N–H and O–H groups in total. The van der Waals surface area contributed by atoms with Crippen LogP contribution in [0.3, 0.4) is 0 Å². The van der Waals surface area contributed by atoms with Crippen LogP contribution in [0.5, 0.6) is 0 Å². The third-order valence-electron chi connectivity index (χ3n) is 3.52.